The zero-order chi connectivity index (χ0) is 14.3. The molecule has 0 aliphatic rings. The highest BCUT2D eigenvalue weighted by atomic mass is 16.5. The van der Waals surface area contributed by atoms with Crippen molar-refractivity contribution in [3.63, 3.8) is 0 Å². The molecule has 106 valence electrons. The van der Waals surface area contributed by atoms with Gasteiger partial charge in [-0.15, -0.1) is 0 Å². The lowest BCUT2D eigenvalue weighted by atomic mass is 10.1. The van der Waals surface area contributed by atoms with Gasteiger partial charge in [0.2, 0.25) is 0 Å². The first-order chi connectivity index (χ1) is 9.04. The fraction of sp³-hybridized carbons (Fsp3) is 0.533. The molecule has 0 aromatic heterocycles. The molecule has 0 bridgehead atoms. The van der Waals surface area contributed by atoms with Crippen LogP contribution in [-0.4, -0.2) is 50.6 Å². The summed E-state index contributed by atoms with van der Waals surface area (Å²) in [5.41, 5.74) is 0.627. The lowest BCUT2D eigenvalue weighted by Gasteiger charge is -2.17. The van der Waals surface area contributed by atoms with E-state index in [-0.39, 0.29) is 11.9 Å². The predicted molar refractivity (Wildman–Crippen MR) is 75.9 cm³/mol. The van der Waals surface area contributed by atoms with Crippen molar-refractivity contribution in [3.8, 4) is 5.75 Å². The summed E-state index contributed by atoms with van der Waals surface area (Å²) in [6, 6.07) is 7.29. The highest BCUT2D eigenvalue weighted by Crippen LogP contribution is 2.17. The molecule has 1 aromatic rings. The van der Waals surface area contributed by atoms with E-state index >= 15 is 0 Å². The summed E-state index contributed by atoms with van der Waals surface area (Å²) in [4.78, 5) is 14.1. The summed E-state index contributed by atoms with van der Waals surface area (Å²) in [5, 5.41) is 0. The number of nitrogens with zero attached hydrogens (tertiary/aromatic N) is 1. The number of likely N-dealkylation sites (N-methyl/N-ethyl adjacent to an activating group) is 1. The zero-order valence-electron chi connectivity index (χ0n) is 12.2. The molecule has 0 radical (unpaired) electrons. The number of hydrogen-bond donors (Lipinski definition) is 0. The molecule has 1 aromatic carbocycles. The van der Waals surface area contributed by atoms with Crippen LogP contribution in [0.3, 0.4) is 0 Å². The Morgan fingerprint density at radius 1 is 1.32 bits per heavy atom. The van der Waals surface area contributed by atoms with Crippen LogP contribution in [-0.2, 0) is 4.74 Å². The van der Waals surface area contributed by atoms with Crippen LogP contribution < -0.4 is 4.74 Å². The van der Waals surface area contributed by atoms with Gasteiger partial charge in [-0.05, 0) is 33.0 Å². The van der Waals surface area contributed by atoms with E-state index in [1.807, 2.05) is 37.9 Å². The van der Waals surface area contributed by atoms with Crippen molar-refractivity contribution < 1.29 is 14.3 Å². The minimum atomic E-state index is 0.0597. The largest absolute Gasteiger partial charge is 0.496 e. The number of ketones is 1. The number of hydrogen-bond acceptors (Lipinski definition) is 4. The average Bonchev–Trinajstić information content (AvgIpc) is 2.38. The molecule has 0 aliphatic heterocycles. The predicted octanol–water partition coefficient (Wildman–Crippen LogP) is 2.23. The second-order valence-electron chi connectivity index (χ2n) is 4.78. The Morgan fingerprint density at radius 3 is 2.63 bits per heavy atom. The Morgan fingerprint density at radius 2 is 2.00 bits per heavy atom. The van der Waals surface area contributed by atoms with Crippen LogP contribution in [0.4, 0.5) is 0 Å². The zero-order valence-corrected chi connectivity index (χ0v) is 12.2. The van der Waals surface area contributed by atoms with E-state index in [9.17, 15) is 4.79 Å². The first-order valence-electron chi connectivity index (χ1n) is 6.51. The van der Waals surface area contributed by atoms with Crippen molar-refractivity contribution in [1.29, 1.82) is 0 Å². The minimum absolute atomic E-state index is 0.0597. The van der Waals surface area contributed by atoms with Gasteiger partial charge in [-0.1, -0.05) is 12.1 Å². The van der Waals surface area contributed by atoms with E-state index in [1.54, 1.807) is 19.2 Å². The van der Waals surface area contributed by atoms with E-state index in [1.165, 1.54) is 0 Å². The normalized spacial score (nSPS) is 11.1. The van der Waals surface area contributed by atoms with Crippen LogP contribution in [0.15, 0.2) is 24.3 Å². The third-order valence-corrected chi connectivity index (χ3v) is 2.75. The quantitative estimate of drug-likeness (QED) is 0.676. The molecule has 0 unspecified atom stereocenters. The number of para-hydroxylation sites is 1. The van der Waals surface area contributed by atoms with Gasteiger partial charge in [0.1, 0.15) is 5.75 Å². The van der Waals surface area contributed by atoms with Crippen LogP contribution in [0.25, 0.3) is 0 Å². The summed E-state index contributed by atoms with van der Waals surface area (Å²) in [5.74, 6) is 0.684. The molecule has 0 N–H and O–H groups in total. The average molecular weight is 265 g/mol. The van der Waals surface area contributed by atoms with Gasteiger partial charge >= 0.3 is 0 Å². The van der Waals surface area contributed by atoms with Crippen molar-refractivity contribution in [1.82, 2.24) is 4.90 Å². The summed E-state index contributed by atoms with van der Waals surface area (Å²) in [6.45, 7) is 5.73. The number of ether oxygens (including phenoxy) is 2. The van der Waals surface area contributed by atoms with Crippen molar-refractivity contribution >= 4 is 5.78 Å². The number of methoxy groups -OCH3 is 1. The third-order valence-electron chi connectivity index (χ3n) is 2.75. The standard InChI is InChI=1S/C15H23NO3/c1-12(2)19-10-9-16(3)11-14(17)13-7-5-6-8-15(13)18-4/h5-8,12H,9-11H2,1-4H3. The fourth-order valence-corrected chi connectivity index (χ4v) is 1.73. The fourth-order valence-electron chi connectivity index (χ4n) is 1.73. The van der Waals surface area contributed by atoms with Crippen molar-refractivity contribution in [2.75, 3.05) is 33.9 Å². The Kier molecular flexibility index (Phi) is 6.53. The Bertz CT molecular complexity index is 404. The maximum absolute atomic E-state index is 12.2. The first kappa shape index (κ1) is 15.7. The van der Waals surface area contributed by atoms with Gasteiger partial charge in [-0.25, -0.2) is 0 Å². The second-order valence-corrected chi connectivity index (χ2v) is 4.78. The van der Waals surface area contributed by atoms with E-state index in [4.69, 9.17) is 9.47 Å². The molecule has 0 saturated heterocycles. The monoisotopic (exact) mass is 265 g/mol. The molecule has 0 atom stereocenters. The van der Waals surface area contributed by atoms with E-state index in [2.05, 4.69) is 0 Å². The maximum Gasteiger partial charge on any atom is 0.180 e. The number of rotatable bonds is 8. The number of carbonyl (C=O) groups excluding carboxylic acids is 1. The van der Waals surface area contributed by atoms with Gasteiger partial charge in [0.25, 0.3) is 0 Å². The van der Waals surface area contributed by atoms with Gasteiger partial charge in [0.15, 0.2) is 5.78 Å². The second kappa shape index (κ2) is 7.92. The summed E-state index contributed by atoms with van der Waals surface area (Å²) < 4.78 is 10.7. The summed E-state index contributed by atoms with van der Waals surface area (Å²) in [7, 11) is 3.49. The van der Waals surface area contributed by atoms with Gasteiger partial charge < -0.3 is 9.47 Å². The van der Waals surface area contributed by atoms with Crippen LogP contribution in [0, 0.1) is 0 Å². The van der Waals surface area contributed by atoms with Gasteiger partial charge in [0, 0.05) is 6.54 Å². The topological polar surface area (TPSA) is 38.8 Å². The molecule has 0 amide bonds. The molecule has 0 heterocycles. The SMILES string of the molecule is COc1ccccc1C(=O)CN(C)CCOC(C)C. The van der Waals surface area contributed by atoms with Gasteiger partial charge in [-0.2, -0.15) is 0 Å². The Balaban J connectivity index is 2.50. The molecule has 0 spiro atoms. The lowest BCUT2D eigenvalue weighted by Crippen LogP contribution is -2.30. The highest BCUT2D eigenvalue weighted by Gasteiger charge is 2.13. The van der Waals surface area contributed by atoms with E-state index in [0.29, 0.717) is 24.5 Å². The van der Waals surface area contributed by atoms with Gasteiger partial charge in [0.05, 0.1) is 31.9 Å². The lowest BCUT2D eigenvalue weighted by molar-refractivity contribution is 0.0619. The Hall–Kier alpha value is -1.39. The molecule has 1 rings (SSSR count). The number of Topliss-reactive ketones (excluding diaryl/α,β-unsaturated/α-hetero) is 1. The molecule has 19 heavy (non-hydrogen) atoms. The van der Waals surface area contributed by atoms with E-state index in [0.717, 1.165) is 6.54 Å². The van der Waals surface area contributed by atoms with Crippen LogP contribution in [0.1, 0.15) is 24.2 Å². The molecule has 0 saturated carbocycles. The molecule has 4 heteroatoms. The smallest absolute Gasteiger partial charge is 0.180 e. The van der Waals surface area contributed by atoms with Crippen molar-refractivity contribution in [3.05, 3.63) is 29.8 Å². The molecular weight excluding hydrogens is 242 g/mol. The van der Waals surface area contributed by atoms with Crippen LogP contribution in [0.5, 0.6) is 5.75 Å². The Labute approximate surface area is 115 Å². The molecule has 4 nitrogen and oxygen atoms in total. The van der Waals surface area contributed by atoms with Crippen LogP contribution in [0.2, 0.25) is 0 Å². The van der Waals surface area contributed by atoms with E-state index < -0.39 is 0 Å². The molecule has 0 aliphatic carbocycles. The van der Waals surface area contributed by atoms with Crippen molar-refractivity contribution in [2.24, 2.45) is 0 Å². The summed E-state index contributed by atoms with van der Waals surface area (Å²) in [6.07, 6.45) is 0.221. The highest BCUT2D eigenvalue weighted by molar-refractivity contribution is 6.00. The maximum atomic E-state index is 12.2. The van der Waals surface area contributed by atoms with Crippen LogP contribution >= 0.6 is 0 Å². The molecule has 0 fully saturated rings. The number of carbonyl (C=O) groups is 1. The third kappa shape index (κ3) is 5.41. The first-order valence-corrected chi connectivity index (χ1v) is 6.51. The molecular formula is C15H23NO3. The van der Waals surface area contributed by atoms with Gasteiger partial charge in [-0.3, -0.25) is 9.69 Å². The number of benzene rings is 1. The van der Waals surface area contributed by atoms with Crippen molar-refractivity contribution in [2.45, 2.75) is 20.0 Å². The summed E-state index contributed by atoms with van der Waals surface area (Å²) >= 11 is 0. The minimum Gasteiger partial charge on any atom is -0.496 e.